The molecule has 0 saturated carbocycles. The van der Waals surface area contributed by atoms with Gasteiger partial charge in [0.1, 0.15) is 5.82 Å². The van der Waals surface area contributed by atoms with Gasteiger partial charge in [0.15, 0.2) is 0 Å². The zero-order valence-electron chi connectivity index (χ0n) is 23.5. The van der Waals surface area contributed by atoms with Crippen LogP contribution >= 0.6 is 0 Å². The van der Waals surface area contributed by atoms with Crippen LogP contribution in [0.5, 0.6) is 0 Å². The fraction of sp³-hybridized carbons (Fsp3) is 0.406. The molecule has 7 heteroatoms. The van der Waals surface area contributed by atoms with E-state index in [0.717, 1.165) is 87.0 Å². The highest BCUT2D eigenvalue weighted by molar-refractivity contribution is 6.06. The van der Waals surface area contributed by atoms with E-state index in [1.807, 2.05) is 44.2 Å². The van der Waals surface area contributed by atoms with Crippen molar-refractivity contribution in [3.8, 4) is 11.1 Å². The number of hydrogen-bond donors (Lipinski definition) is 1. The molecule has 0 aliphatic carbocycles. The molecule has 39 heavy (non-hydrogen) atoms. The van der Waals surface area contributed by atoms with Gasteiger partial charge in [-0.2, -0.15) is 0 Å². The molecule has 0 atom stereocenters. The number of ether oxygens (including phenoxy) is 1. The Labute approximate surface area is 231 Å². The minimum atomic E-state index is -0.285. The molecule has 206 valence electrons. The number of benzene rings is 3. The SMILES string of the molecule is Cc1cc(C(=O)Nc2cc(-c3cccc(CN4CCOCC4)c3)c(F)cc2N2CCN(C)CC2)cc(C)c1C. The van der Waals surface area contributed by atoms with E-state index < -0.39 is 0 Å². The lowest BCUT2D eigenvalue weighted by Crippen LogP contribution is -2.44. The van der Waals surface area contributed by atoms with Crippen molar-refractivity contribution in [2.24, 2.45) is 0 Å². The Balaban J connectivity index is 1.49. The van der Waals surface area contributed by atoms with E-state index in [1.165, 1.54) is 5.56 Å². The van der Waals surface area contributed by atoms with Crippen LogP contribution < -0.4 is 10.2 Å². The average Bonchev–Trinajstić information content (AvgIpc) is 2.93. The van der Waals surface area contributed by atoms with Gasteiger partial charge in [0, 0.05) is 56.9 Å². The van der Waals surface area contributed by atoms with Gasteiger partial charge >= 0.3 is 0 Å². The highest BCUT2D eigenvalue weighted by atomic mass is 19.1. The molecule has 2 heterocycles. The van der Waals surface area contributed by atoms with Crippen LogP contribution in [-0.4, -0.2) is 75.2 Å². The zero-order chi connectivity index (χ0) is 27.5. The number of rotatable bonds is 6. The van der Waals surface area contributed by atoms with E-state index in [1.54, 1.807) is 6.07 Å². The number of hydrogen-bond acceptors (Lipinski definition) is 5. The second kappa shape index (κ2) is 11.9. The summed E-state index contributed by atoms with van der Waals surface area (Å²) in [6, 6.07) is 15.3. The van der Waals surface area contributed by atoms with Gasteiger partial charge in [-0.15, -0.1) is 0 Å². The minimum absolute atomic E-state index is 0.185. The Hall–Kier alpha value is -3.26. The third kappa shape index (κ3) is 6.32. The Bertz CT molecular complexity index is 1320. The van der Waals surface area contributed by atoms with E-state index in [0.29, 0.717) is 16.8 Å². The summed E-state index contributed by atoms with van der Waals surface area (Å²) in [5, 5.41) is 3.14. The minimum Gasteiger partial charge on any atom is -0.379 e. The van der Waals surface area contributed by atoms with Crippen LogP contribution in [0.1, 0.15) is 32.6 Å². The number of amides is 1. The van der Waals surface area contributed by atoms with Crippen molar-refractivity contribution in [3.63, 3.8) is 0 Å². The molecule has 2 saturated heterocycles. The lowest BCUT2D eigenvalue weighted by molar-refractivity contribution is 0.0342. The largest absolute Gasteiger partial charge is 0.379 e. The molecule has 2 aliphatic rings. The molecule has 2 fully saturated rings. The third-order valence-corrected chi connectivity index (χ3v) is 8.11. The van der Waals surface area contributed by atoms with Crippen LogP contribution in [-0.2, 0) is 11.3 Å². The summed E-state index contributed by atoms with van der Waals surface area (Å²) in [6.07, 6.45) is 0. The molecule has 0 spiro atoms. The van der Waals surface area contributed by atoms with Gasteiger partial charge in [-0.05, 0) is 86.0 Å². The van der Waals surface area contributed by atoms with E-state index in [2.05, 4.69) is 46.1 Å². The second-order valence-corrected chi connectivity index (χ2v) is 10.9. The van der Waals surface area contributed by atoms with Gasteiger partial charge in [-0.1, -0.05) is 18.2 Å². The van der Waals surface area contributed by atoms with Crippen LogP contribution in [0.25, 0.3) is 11.1 Å². The number of anilines is 2. The molecule has 0 radical (unpaired) electrons. The van der Waals surface area contributed by atoms with E-state index in [4.69, 9.17) is 4.74 Å². The smallest absolute Gasteiger partial charge is 0.255 e. The maximum absolute atomic E-state index is 15.8. The molecular weight excluding hydrogens is 491 g/mol. The summed E-state index contributed by atoms with van der Waals surface area (Å²) in [4.78, 5) is 20.3. The van der Waals surface area contributed by atoms with Gasteiger partial charge in [0.05, 0.1) is 24.6 Å². The standard InChI is InChI=1S/C32H39FN4O2/c1-22-16-27(17-23(2)24(22)3)32(38)34-30-19-28(29(33)20-31(30)37-10-8-35(4)9-11-37)26-7-5-6-25(18-26)21-36-12-14-39-15-13-36/h5-7,16-20H,8-15,21H2,1-4H3,(H,34,38). The van der Waals surface area contributed by atoms with E-state index >= 15 is 4.39 Å². The average molecular weight is 531 g/mol. The molecule has 0 aromatic heterocycles. The number of nitrogens with one attached hydrogen (secondary N) is 1. The quantitative estimate of drug-likeness (QED) is 0.472. The fourth-order valence-corrected chi connectivity index (χ4v) is 5.41. The predicted octanol–water partition coefficient (Wildman–Crippen LogP) is 5.25. The zero-order valence-corrected chi connectivity index (χ0v) is 23.5. The van der Waals surface area contributed by atoms with Crippen molar-refractivity contribution in [2.45, 2.75) is 27.3 Å². The predicted molar refractivity (Wildman–Crippen MR) is 156 cm³/mol. The summed E-state index contributed by atoms with van der Waals surface area (Å²) in [7, 11) is 2.09. The third-order valence-electron chi connectivity index (χ3n) is 8.11. The molecule has 2 aliphatic heterocycles. The maximum Gasteiger partial charge on any atom is 0.255 e. The van der Waals surface area contributed by atoms with Gasteiger partial charge in [-0.25, -0.2) is 4.39 Å². The highest BCUT2D eigenvalue weighted by Gasteiger charge is 2.22. The van der Waals surface area contributed by atoms with E-state index in [-0.39, 0.29) is 11.7 Å². The second-order valence-electron chi connectivity index (χ2n) is 10.9. The van der Waals surface area contributed by atoms with Crippen molar-refractivity contribution in [1.29, 1.82) is 0 Å². The van der Waals surface area contributed by atoms with Crippen LogP contribution in [0.2, 0.25) is 0 Å². The highest BCUT2D eigenvalue weighted by Crippen LogP contribution is 2.35. The summed E-state index contributed by atoms with van der Waals surface area (Å²) in [6.45, 7) is 13.5. The molecule has 6 nitrogen and oxygen atoms in total. The summed E-state index contributed by atoms with van der Waals surface area (Å²) < 4.78 is 21.2. The molecular formula is C32H39FN4O2. The Morgan fingerprint density at radius 3 is 2.31 bits per heavy atom. The summed E-state index contributed by atoms with van der Waals surface area (Å²) in [5.74, 6) is -0.470. The Morgan fingerprint density at radius 2 is 1.62 bits per heavy atom. The Morgan fingerprint density at radius 1 is 0.923 bits per heavy atom. The van der Waals surface area contributed by atoms with Crippen molar-refractivity contribution in [1.82, 2.24) is 9.80 Å². The van der Waals surface area contributed by atoms with Crippen LogP contribution in [0.4, 0.5) is 15.8 Å². The first kappa shape index (κ1) is 27.3. The van der Waals surface area contributed by atoms with Gasteiger partial charge in [-0.3, -0.25) is 9.69 Å². The lowest BCUT2D eigenvalue weighted by Gasteiger charge is -2.35. The number of morpholine rings is 1. The van der Waals surface area contributed by atoms with Crippen molar-refractivity contribution in [2.75, 3.05) is 69.7 Å². The molecule has 0 unspecified atom stereocenters. The number of carbonyl (C=O) groups is 1. The maximum atomic E-state index is 15.8. The lowest BCUT2D eigenvalue weighted by atomic mass is 9.99. The van der Waals surface area contributed by atoms with Gasteiger partial charge in [0.25, 0.3) is 5.91 Å². The number of likely N-dealkylation sites (N-methyl/N-ethyl adjacent to an activating group) is 1. The van der Waals surface area contributed by atoms with Crippen LogP contribution in [0.3, 0.4) is 0 Å². The molecule has 5 rings (SSSR count). The number of piperazine rings is 1. The van der Waals surface area contributed by atoms with Crippen molar-refractivity contribution in [3.05, 3.63) is 82.2 Å². The van der Waals surface area contributed by atoms with Gasteiger partial charge in [0.2, 0.25) is 0 Å². The summed E-state index contributed by atoms with van der Waals surface area (Å²) >= 11 is 0. The molecule has 0 bridgehead atoms. The number of aryl methyl sites for hydroxylation is 2. The first-order valence-corrected chi connectivity index (χ1v) is 13.8. The van der Waals surface area contributed by atoms with Crippen molar-refractivity contribution >= 4 is 17.3 Å². The fourth-order valence-electron chi connectivity index (χ4n) is 5.41. The Kier molecular flexibility index (Phi) is 8.31. The molecule has 1 amide bonds. The first-order chi connectivity index (χ1) is 18.8. The van der Waals surface area contributed by atoms with Crippen molar-refractivity contribution < 1.29 is 13.9 Å². The monoisotopic (exact) mass is 530 g/mol. The van der Waals surface area contributed by atoms with Crippen LogP contribution in [0.15, 0.2) is 48.5 Å². The molecule has 3 aromatic rings. The summed E-state index contributed by atoms with van der Waals surface area (Å²) in [5.41, 5.74) is 7.74. The molecule has 3 aromatic carbocycles. The normalized spacial score (nSPS) is 16.9. The first-order valence-electron chi connectivity index (χ1n) is 13.8. The van der Waals surface area contributed by atoms with Crippen LogP contribution in [0, 0.1) is 26.6 Å². The number of carbonyl (C=O) groups excluding carboxylic acids is 1. The molecule has 1 N–H and O–H groups in total. The topological polar surface area (TPSA) is 48.1 Å². The number of halogens is 1. The van der Waals surface area contributed by atoms with E-state index in [9.17, 15) is 4.79 Å². The number of nitrogens with zero attached hydrogens (tertiary/aromatic N) is 3. The van der Waals surface area contributed by atoms with Gasteiger partial charge < -0.3 is 19.9 Å².